The van der Waals surface area contributed by atoms with Gasteiger partial charge in [0, 0.05) is 12.1 Å². The zero-order valence-corrected chi connectivity index (χ0v) is 15.3. The van der Waals surface area contributed by atoms with Gasteiger partial charge in [0.25, 0.3) is 11.5 Å². The van der Waals surface area contributed by atoms with Crippen molar-refractivity contribution in [3.8, 4) is 0 Å². The molecule has 148 valence electrons. The van der Waals surface area contributed by atoms with Crippen molar-refractivity contribution in [3.05, 3.63) is 68.8 Å². The molecular formula is C19H16N4O6. The van der Waals surface area contributed by atoms with Gasteiger partial charge in [0.15, 0.2) is 11.3 Å². The van der Waals surface area contributed by atoms with Gasteiger partial charge in [-0.05, 0) is 36.1 Å². The van der Waals surface area contributed by atoms with Crippen molar-refractivity contribution in [1.82, 2.24) is 19.9 Å². The number of aromatic carboxylic acids is 1. The second-order valence-corrected chi connectivity index (χ2v) is 6.62. The number of H-pyrrole nitrogens is 1. The third kappa shape index (κ3) is 3.24. The van der Waals surface area contributed by atoms with E-state index in [1.54, 1.807) is 18.2 Å². The number of nitrogens with zero attached hydrogens (tertiary/aromatic N) is 2. The predicted octanol–water partition coefficient (Wildman–Crippen LogP) is 0.925. The summed E-state index contributed by atoms with van der Waals surface area (Å²) in [4.78, 5) is 51.5. The maximum absolute atomic E-state index is 12.7. The molecule has 0 spiro atoms. The minimum Gasteiger partial charge on any atom is -0.477 e. The number of carbonyl (C=O) groups excluding carboxylic acids is 2. The highest BCUT2D eigenvalue weighted by Gasteiger charge is 2.26. The normalized spacial score (nSPS) is 15.1. The van der Waals surface area contributed by atoms with Crippen LogP contribution in [0.1, 0.15) is 54.9 Å². The summed E-state index contributed by atoms with van der Waals surface area (Å²) in [5.41, 5.74) is 1.37. The fraction of sp³-hybridized carbons (Fsp3) is 0.211. The third-order valence-corrected chi connectivity index (χ3v) is 4.86. The number of rotatable bonds is 4. The fourth-order valence-corrected chi connectivity index (χ4v) is 3.52. The molecule has 1 atom stereocenters. The van der Waals surface area contributed by atoms with Crippen molar-refractivity contribution in [2.45, 2.75) is 18.9 Å². The molecule has 0 radical (unpaired) electrons. The smallest absolute Gasteiger partial charge is 0.354 e. The molecule has 0 aliphatic heterocycles. The first-order chi connectivity index (χ1) is 13.9. The van der Waals surface area contributed by atoms with Crippen molar-refractivity contribution in [1.29, 1.82) is 0 Å². The molecule has 10 heteroatoms. The van der Waals surface area contributed by atoms with Crippen LogP contribution in [0, 0.1) is 0 Å². The van der Waals surface area contributed by atoms with Crippen LogP contribution in [0.4, 0.5) is 0 Å². The Bertz CT molecular complexity index is 1230. The average molecular weight is 396 g/mol. The first-order valence-electron chi connectivity index (χ1n) is 8.75. The van der Waals surface area contributed by atoms with Gasteiger partial charge in [0.1, 0.15) is 5.69 Å². The number of hydrogen-bond acceptors (Lipinski definition) is 6. The van der Waals surface area contributed by atoms with Crippen molar-refractivity contribution in [3.63, 3.8) is 0 Å². The van der Waals surface area contributed by atoms with E-state index in [9.17, 15) is 24.3 Å². The van der Waals surface area contributed by atoms with E-state index in [0.29, 0.717) is 18.4 Å². The maximum Gasteiger partial charge on any atom is 0.354 e. The highest BCUT2D eigenvalue weighted by atomic mass is 16.5. The molecule has 0 fully saturated rings. The van der Waals surface area contributed by atoms with Crippen molar-refractivity contribution in [2.75, 3.05) is 7.11 Å². The Morgan fingerprint density at radius 2 is 2.07 bits per heavy atom. The van der Waals surface area contributed by atoms with Crippen LogP contribution in [0.25, 0.3) is 5.65 Å². The molecule has 0 unspecified atom stereocenters. The Morgan fingerprint density at radius 3 is 2.79 bits per heavy atom. The van der Waals surface area contributed by atoms with E-state index in [1.165, 1.54) is 7.11 Å². The average Bonchev–Trinajstić information content (AvgIpc) is 3.28. The zero-order chi connectivity index (χ0) is 20.7. The number of carbonyl (C=O) groups is 3. The number of hydrogen-bond donors (Lipinski definition) is 3. The van der Waals surface area contributed by atoms with Gasteiger partial charge in [-0.2, -0.15) is 0 Å². The number of carboxylic acid groups (broad SMARTS) is 1. The molecule has 29 heavy (non-hydrogen) atoms. The molecular weight excluding hydrogens is 380 g/mol. The van der Waals surface area contributed by atoms with Crippen LogP contribution in [-0.2, 0) is 11.2 Å². The van der Waals surface area contributed by atoms with E-state index in [4.69, 9.17) is 4.74 Å². The van der Waals surface area contributed by atoms with Gasteiger partial charge >= 0.3 is 11.9 Å². The summed E-state index contributed by atoms with van der Waals surface area (Å²) >= 11 is 0. The van der Waals surface area contributed by atoms with Gasteiger partial charge in [-0.1, -0.05) is 6.07 Å². The van der Waals surface area contributed by atoms with Crippen LogP contribution in [-0.4, -0.2) is 44.7 Å². The molecule has 1 amide bonds. The first-order valence-corrected chi connectivity index (χ1v) is 8.75. The van der Waals surface area contributed by atoms with Crippen molar-refractivity contribution < 1.29 is 24.2 Å². The molecule has 0 saturated heterocycles. The Hall–Kier alpha value is -3.95. The van der Waals surface area contributed by atoms with Crippen molar-refractivity contribution in [2.24, 2.45) is 0 Å². The van der Waals surface area contributed by atoms with Gasteiger partial charge in [0.05, 0.1) is 18.7 Å². The van der Waals surface area contributed by atoms with Crippen LogP contribution in [0.15, 0.2) is 35.1 Å². The Balaban J connectivity index is 1.62. The van der Waals surface area contributed by atoms with E-state index in [2.05, 4.69) is 15.4 Å². The lowest BCUT2D eigenvalue weighted by Gasteiger charge is -2.14. The quantitative estimate of drug-likeness (QED) is 0.557. The van der Waals surface area contributed by atoms with Crippen LogP contribution in [0.3, 0.4) is 0 Å². The van der Waals surface area contributed by atoms with E-state index >= 15 is 0 Å². The number of ether oxygens (including phenoxy) is 1. The van der Waals surface area contributed by atoms with Gasteiger partial charge < -0.3 is 15.2 Å². The van der Waals surface area contributed by atoms with Crippen molar-refractivity contribution >= 4 is 23.5 Å². The van der Waals surface area contributed by atoms with Gasteiger partial charge in [-0.25, -0.2) is 19.1 Å². The summed E-state index contributed by atoms with van der Waals surface area (Å²) in [5, 5.41) is 14.5. The van der Waals surface area contributed by atoms with Crippen LogP contribution in [0.5, 0.6) is 0 Å². The summed E-state index contributed by atoms with van der Waals surface area (Å²) in [6.07, 6.45) is 1.30. The van der Waals surface area contributed by atoms with E-state index in [0.717, 1.165) is 27.8 Å². The van der Waals surface area contributed by atoms with Crippen LogP contribution >= 0.6 is 0 Å². The number of aromatic amines is 1. The maximum atomic E-state index is 12.7. The van der Waals surface area contributed by atoms with Crippen LogP contribution < -0.4 is 10.9 Å². The second kappa shape index (κ2) is 6.89. The van der Waals surface area contributed by atoms with E-state index < -0.39 is 23.4 Å². The summed E-state index contributed by atoms with van der Waals surface area (Å²) in [5.74, 6) is -2.29. The monoisotopic (exact) mass is 396 g/mol. The highest BCUT2D eigenvalue weighted by molar-refractivity contribution is 5.96. The largest absolute Gasteiger partial charge is 0.477 e. The predicted molar refractivity (Wildman–Crippen MR) is 99.1 cm³/mol. The third-order valence-electron chi connectivity index (χ3n) is 4.86. The lowest BCUT2D eigenvalue weighted by Crippen LogP contribution is -2.28. The lowest BCUT2D eigenvalue weighted by molar-refractivity contribution is 0.0599. The minimum atomic E-state index is -1.31. The number of aromatic nitrogens is 3. The minimum absolute atomic E-state index is 0.0367. The molecule has 1 aliphatic rings. The molecule has 4 rings (SSSR count). The SMILES string of the molecule is COC(=O)c1ccc2c(c1)CC[C@@H]2NC(=O)c1cc(C(=O)O)n2[nH]c(=O)cc2n1. The molecule has 2 aromatic heterocycles. The lowest BCUT2D eigenvalue weighted by atomic mass is 10.0. The molecule has 1 aromatic carbocycles. The first kappa shape index (κ1) is 18.4. The van der Waals surface area contributed by atoms with E-state index in [-0.39, 0.29) is 23.1 Å². The number of aryl methyl sites for hydroxylation is 1. The Morgan fingerprint density at radius 1 is 1.28 bits per heavy atom. The Labute approximate surface area is 163 Å². The summed E-state index contributed by atoms with van der Waals surface area (Å²) < 4.78 is 5.74. The summed E-state index contributed by atoms with van der Waals surface area (Å²) in [6.45, 7) is 0. The second-order valence-electron chi connectivity index (χ2n) is 6.62. The van der Waals surface area contributed by atoms with E-state index in [1.807, 2.05) is 0 Å². The van der Waals surface area contributed by atoms with Gasteiger partial charge in [0.2, 0.25) is 0 Å². The van der Waals surface area contributed by atoms with Crippen LogP contribution in [0.2, 0.25) is 0 Å². The Kier molecular flexibility index (Phi) is 4.38. The standard InChI is InChI=1S/C19H16N4O6/c1-29-19(28)10-2-4-11-9(6-10)3-5-12(11)21-17(25)13-7-14(18(26)27)23-15(20-13)8-16(24)22-23/h2,4,6-8,12H,3,5H2,1H3,(H,21,25)(H,22,24)(H,26,27)/t12-/m0/s1. The molecule has 0 bridgehead atoms. The fourth-order valence-electron chi connectivity index (χ4n) is 3.52. The number of amides is 1. The number of nitrogens with one attached hydrogen (secondary N) is 2. The number of methoxy groups -OCH3 is 1. The number of fused-ring (bicyclic) bond motifs is 2. The molecule has 0 saturated carbocycles. The van der Waals surface area contributed by atoms with Gasteiger partial charge in [-0.15, -0.1) is 0 Å². The van der Waals surface area contributed by atoms with Gasteiger partial charge in [-0.3, -0.25) is 14.7 Å². The highest BCUT2D eigenvalue weighted by Crippen LogP contribution is 2.32. The molecule has 3 aromatic rings. The molecule has 10 nitrogen and oxygen atoms in total. The topological polar surface area (TPSA) is 143 Å². The number of carboxylic acids is 1. The zero-order valence-electron chi connectivity index (χ0n) is 15.3. The molecule has 2 heterocycles. The molecule has 3 N–H and O–H groups in total. The summed E-state index contributed by atoms with van der Waals surface area (Å²) in [6, 6.07) is 7.06. The number of benzene rings is 1. The summed E-state index contributed by atoms with van der Waals surface area (Å²) in [7, 11) is 1.31. The molecule has 1 aliphatic carbocycles. The number of esters is 1.